The van der Waals surface area contributed by atoms with Crippen LogP contribution in [0.4, 0.5) is 0 Å². The van der Waals surface area contributed by atoms with Gasteiger partial charge in [0.15, 0.2) is 0 Å². The Balaban J connectivity index is 1.51. The summed E-state index contributed by atoms with van der Waals surface area (Å²) in [4.78, 5) is 12.8. The topological polar surface area (TPSA) is 69.6 Å². The molecule has 1 heterocycles. The molecule has 3 rings (SSSR count). The number of fused-ring (bicyclic) bond motifs is 1. The third-order valence-corrected chi connectivity index (χ3v) is 7.95. The van der Waals surface area contributed by atoms with Crippen LogP contribution in [0.25, 0.3) is 10.1 Å². The van der Waals surface area contributed by atoms with Crippen molar-refractivity contribution in [3.8, 4) is 0 Å². The van der Waals surface area contributed by atoms with Gasteiger partial charge in [-0.2, -0.15) is 0 Å². The number of amides is 1. The Morgan fingerprint density at radius 2 is 2.12 bits per heavy atom. The number of carbonyl (C=O) groups excluding carboxylic acids is 1. The summed E-state index contributed by atoms with van der Waals surface area (Å²) in [5.41, 5.74) is 1.38. The second-order valence-electron chi connectivity index (χ2n) is 9.96. The van der Waals surface area contributed by atoms with Crippen molar-refractivity contribution in [2.24, 2.45) is 17.3 Å². The molecule has 4 nitrogen and oxygen atoms in total. The Morgan fingerprint density at radius 1 is 1.32 bits per heavy atom. The van der Waals surface area contributed by atoms with Gasteiger partial charge in [0.05, 0.1) is 0 Å². The van der Waals surface area contributed by atoms with Gasteiger partial charge in [0.25, 0.3) is 0 Å². The van der Waals surface area contributed by atoms with Crippen molar-refractivity contribution in [2.45, 2.75) is 58.5 Å². The molecule has 1 saturated carbocycles. The first-order valence-electron chi connectivity index (χ1n) is 12.4. The first kappa shape index (κ1) is 26.6. The molecule has 0 saturated heterocycles. The zero-order chi connectivity index (χ0) is 24.6. The van der Waals surface area contributed by atoms with Crippen LogP contribution in [0.15, 0.2) is 54.6 Å². The minimum atomic E-state index is -0.488. The number of hydrogen-bond acceptors (Lipinski definition) is 4. The minimum absolute atomic E-state index is 0.00669. The molecule has 6 heteroatoms. The predicted octanol–water partition coefficient (Wildman–Crippen LogP) is 4.32. The van der Waals surface area contributed by atoms with E-state index in [1.54, 1.807) is 11.3 Å². The molecule has 0 bridgehead atoms. The van der Waals surface area contributed by atoms with Crippen molar-refractivity contribution < 1.29 is 15.0 Å². The van der Waals surface area contributed by atoms with E-state index in [0.29, 0.717) is 31.2 Å². The Labute approximate surface area is 208 Å². The SMILES string of the molecule is B=C1[C@H](C/C=C\CCCC(=O)NCCO)[C@@H](/C=C/C(O)Cc2cc3ccccc3s2)CC1(C)C. The van der Waals surface area contributed by atoms with Gasteiger partial charge in [-0.05, 0) is 0 Å². The van der Waals surface area contributed by atoms with Crippen LogP contribution >= 0.6 is 11.3 Å². The second kappa shape index (κ2) is 12.6. The van der Waals surface area contributed by atoms with Crippen molar-refractivity contribution >= 4 is 40.3 Å². The molecule has 34 heavy (non-hydrogen) atoms. The molecule has 1 unspecified atom stereocenters. The van der Waals surface area contributed by atoms with Crippen molar-refractivity contribution in [1.29, 1.82) is 0 Å². The summed E-state index contributed by atoms with van der Waals surface area (Å²) in [7, 11) is 4.42. The molecule has 0 spiro atoms. The van der Waals surface area contributed by atoms with Gasteiger partial charge in [-0.25, -0.2) is 0 Å². The van der Waals surface area contributed by atoms with E-state index in [9.17, 15) is 9.90 Å². The summed E-state index contributed by atoms with van der Waals surface area (Å²) in [6.45, 7) is 4.82. The van der Waals surface area contributed by atoms with E-state index < -0.39 is 6.10 Å². The molecule has 1 aromatic carbocycles. The summed E-state index contributed by atoms with van der Waals surface area (Å²) in [6.07, 6.45) is 12.8. The summed E-state index contributed by atoms with van der Waals surface area (Å²) >= 11 is 1.75. The Hall–Kier alpha value is -2.02. The average Bonchev–Trinajstić information content (AvgIpc) is 3.30. The van der Waals surface area contributed by atoms with Crippen molar-refractivity contribution in [3.63, 3.8) is 0 Å². The summed E-state index contributed by atoms with van der Waals surface area (Å²) in [5.74, 6) is 0.730. The molecule has 0 radical (unpaired) electrons. The second-order valence-corrected chi connectivity index (χ2v) is 11.1. The number of allylic oxidation sites excluding steroid dienone is 3. The first-order valence-corrected chi connectivity index (χ1v) is 13.2. The third-order valence-electron chi connectivity index (χ3n) is 6.81. The van der Waals surface area contributed by atoms with Crippen LogP contribution in [0.1, 0.15) is 50.8 Å². The predicted molar refractivity (Wildman–Crippen MR) is 146 cm³/mol. The molecule has 1 amide bonds. The molecule has 1 aliphatic carbocycles. The van der Waals surface area contributed by atoms with Crippen molar-refractivity contribution in [3.05, 3.63) is 59.5 Å². The zero-order valence-electron chi connectivity index (χ0n) is 20.5. The number of unbranched alkanes of at least 4 members (excludes halogenated alkanes) is 1. The van der Waals surface area contributed by atoms with Crippen LogP contribution in [0.2, 0.25) is 0 Å². The molecule has 2 aromatic rings. The number of benzene rings is 1. The molecule has 3 N–H and O–H groups in total. The van der Waals surface area contributed by atoms with Gasteiger partial charge >= 0.3 is 204 Å². The number of thiophene rings is 1. The number of nitrogens with one attached hydrogen (secondary N) is 1. The monoisotopic (exact) mass is 479 g/mol. The van der Waals surface area contributed by atoms with Gasteiger partial charge in [-0.3, -0.25) is 0 Å². The van der Waals surface area contributed by atoms with E-state index in [0.717, 1.165) is 25.7 Å². The fourth-order valence-corrected chi connectivity index (χ4v) is 5.96. The molecular formula is C28H38BNO3S. The van der Waals surface area contributed by atoms with Crippen LogP contribution < -0.4 is 5.32 Å². The van der Waals surface area contributed by atoms with Crippen LogP contribution in [0.5, 0.6) is 0 Å². The first-order chi connectivity index (χ1) is 16.3. The number of hydrogen-bond donors (Lipinski definition) is 3. The average molecular weight is 479 g/mol. The van der Waals surface area contributed by atoms with Gasteiger partial charge in [0, 0.05) is 0 Å². The van der Waals surface area contributed by atoms with E-state index in [-0.39, 0.29) is 17.9 Å². The quantitative estimate of drug-likeness (QED) is 0.241. The Kier molecular flexibility index (Phi) is 9.87. The third kappa shape index (κ3) is 7.49. The van der Waals surface area contributed by atoms with Crippen LogP contribution in [0.3, 0.4) is 0 Å². The van der Waals surface area contributed by atoms with Crippen molar-refractivity contribution in [2.75, 3.05) is 13.2 Å². The van der Waals surface area contributed by atoms with E-state index in [4.69, 9.17) is 5.11 Å². The molecule has 1 aliphatic rings. The Morgan fingerprint density at radius 3 is 2.88 bits per heavy atom. The van der Waals surface area contributed by atoms with Gasteiger partial charge in [0.1, 0.15) is 0 Å². The molecule has 1 fully saturated rings. The van der Waals surface area contributed by atoms with E-state index in [1.807, 2.05) is 6.08 Å². The van der Waals surface area contributed by atoms with E-state index >= 15 is 0 Å². The van der Waals surface area contributed by atoms with Crippen LogP contribution in [-0.2, 0) is 11.2 Å². The van der Waals surface area contributed by atoms with Gasteiger partial charge < -0.3 is 5.11 Å². The summed E-state index contributed by atoms with van der Waals surface area (Å²) < 4.78 is 1.26. The van der Waals surface area contributed by atoms with Crippen molar-refractivity contribution in [1.82, 2.24) is 5.32 Å². The Bertz CT molecular complexity index is 993. The molecule has 0 aliphatic heterocycles. The molecule has 3 atom stereocenters. The molecule has 182 valence electrons. The fraction of sp³-hybridized carbons (Fsp3) is 0.500. The van der Waals surface area contributed by atoms with Gasteiger partial charge in [0.2, 0.25) is 0 Å². The fourth-order valence-electron chi connectivity index (χ4n) is 4.85. The molecular weight excluding hydrogens is 441 g/mol. The maximum absolute atomic E-state index is 11.6. The summed E-state index contributed by atoms with van der Waals surface area (Å²) in [6, 6.07) is 10.5. The molecule has 1 aromatic heterocycles. The normalized spacial score (nSPS) is 21.1. The summed E-state index contributed by atoms with van der Waals surface area (Å²) in [5, 5.41) is 23.4. The van der Waals surface area contributed by atoms with Crippen LogP contribution in [-0.4, -0.2) is 48.3 Å². The zero-order valence-corrected chi connectivity index (χ0v) is 21.3. The maximum atomic E-state index is 11.6. The standard InChI is InChI=1S/C28H38BNO3S/c1-28(2)19-21(13-14-22(32)18-23-17-20-9-7-8-11-25(20)34-23)24(27(28)29)10-5-3-4-6-12-26(33)30-15-16-31/h3,5,7-9,11,13-14,17,21-22,24,29,31-32H,4,6,10,12,15-16,18-19H2,1-2H3,(H,30,33)/b5-3-,14-13+/t21-,22?,24+/m0/s1. The van der Waals surface area contributed by atoms with Gasteiger partial charge in [-0.15, -0.1) is 0 Å². The number of aliphatic hydroxyl groups is 2. The van der Waals surface area contributed by atoms with Crippen LogP contribution in [0, 0.1) is 17.3 Å². The van der Waals surface area contributed by atoms with Gasteiger partial charge in [-0.1, -0.05) is 0 Å². The number of carbonyl (C=O) groups is 1. The number of aliphatic hydroxyl groups excluding tert-OH is 2. The number of rotatable bonds is 12. The van der Waals surface area contributed by atoms with E-state index in [2.05, 4.69) is 75.2 Å². The van der Waals surface area contributed by atoms with E-state index in [1.165, 1.54) is 20.4 Å².